The number of nitrogens with two attached hydrogens (primary N) is 1. The first-order valence-corrected chi connectivity index (χ1v) is 7.42. The molecule has 0 aliphatic heterocycles. The van der Waals surface area contributed by atoms with Gasteiger partial charge in [-0.2, -0.15) is 0 Å². The van der Waals surface area contributed by atoms with E-state index in [2.05, 4.69) is 4.72 Å². The molecule has 1 aliphatic carbocycles. The zero-order valence-corrected chi connectivity index (χ0v) is 11.2. The molecule has 2 rings (SSSR count). The molecule has 0 atom stereocenters. The second-order valence-electron chi connectivity index (χ2n) is 4.62. The van der Waals surface area contributed by atoms with Gasteiger partial charge in [0.2, 0.25) is 10.0 Å². The van der Waals surface area contributed by atoms with Crippen LogP contribution in [-0.2, 0) is 10.0 Å². The molecule has 7 heteroatoms. The highest BCUT2D eigenvalue weighted by Crippen LogP contribution is 2.29. The third-order valence-electron chi connectivity index (χ3n) is 3.15. The largest absolute Gasteiger partial charge is 0.324 e. The van der Waals surface area contributed by atoms with Gasteiger partial charge in [0, 0.05) is 12.1 Å². The molecule has 1 aromatic rings. The Kier molecular flexibility index (Phi) is 3.64. The van der Waals surface area contributed by atoms with Crippen LogP contribution in [0, 0.1) is 5.82 Å². The summed E-state index contributed by atoms with van der Waals surface area (Å²) >= 11 is 5.72. The summed E-state index contributed by atoms with van der Waals surface area (Å²) in [6, 6.07) is 3.17. The van der Waals surface area contributed by atoms with Crippen molar-refractivity contribution in [2.75, 3.05) is 6.54 Å². The third kappa shape index (κ3) is 2.83. The monoisotopic (exact) mass is 292 g/mol. The second-order valence-corrected chi connectivity index (χ2v) is 6.76. The van der Waals surface area contributed by atoms with Crippen molar-refractivity contribution in [1.82, 2.24) is 4.72 Å². The quantitative estimate of drug-likeness (QED) is 0.886. The lowest BCUT2D eigenvalue weighted by Crippen LogP contribution is -2.54. The van der Waals surface area contributed by atoms with Crippen LogP contribution in [0.15, 0.2) is 23.1 Å². The summed E-state index contributed by atoms with van der Waals surface area (Å²) in [5.74, 6) is -0.576. The van der Waals surface area contributed by atoms with Crippen molar-refractivity contribution < 1.29 is 12.8 Å². The number of benzene rings is 1. The van der Waals surface area contributed by atoms with Gasteiger partial charge in [-0.3, -0.25) is 0 Å². The zero-order chi connectivity index (χ0) is 13.4. The van der Waals surface area contributed by atoms with Gasteiger partial charge in [0.15, 0.2) is 0 Å². The summed E-state index contributed by atoms with van der Waals surface area (Å²) in [6.45, 7) is 0.170. The van der Waals surface area contributed by atoms with Gasteiger partial charge in [-0.05, 0) is 37.5 Å². The molecule has 1 fully saturated rings. The Morgan fingerprint density at radius 2 is 2.11 bits per heavy atom. The SMILES string of the molecule is NC1(CNS(=O)(=O)c2ccc(F)cc2Cl)CCC1. The molecular weight excluding hydrogens is 279 g/mol. The van der Waals surface area contributed by atoms with Crippen LogP contribution in [0.2, 0.25) is 5.02 Å². The summed E-state index contributed by atoms with van der Waals surface area (Å²) in [6.07, 6.45) is 2.61. The number of rotatable bonds is 4. The Labute approximate surface area is 110 Å². The molecule has 1 aliphatic rings. The topological polar surface area (TPSA) is 72.2 Å². The highest BCUT2D eigenvalue weighted by Gasteiger charge is 2.34. The van der Waals surface area contributed by atoms with Crippen LogP contribution in [0.5, 0.6) is 0 Å². The van der Waals surface area contributed by atoms with Gasteiger partial charge >= 0.3 is 0 Å². The summed E-state index contributed by atoms with van der Waals surface area (Å²) in [5, 5.41) is -0.137. The molecule has 0 unspecified atom stereocenters. The molecule has 0 saturated heterocycles. The molecule has 0 bridgehead atoms. The van der Waals surface area contributed by atoms with Crippen LogP contribution in [0.25, 0.3) is 0 Å². The average Bonchev–Trinajstić information content (AvgIpc) is 2.23. The molecule has 100 valence electrons. The lowest BCUT2D eigenvalue weighted by atomic mass is 9.78. The van der Waals surface area contributed by atoms with E-state index in [-0.39, 0.29) is 16.5 Å². The van der Waals surface area contributed by atoms with Gasteiger partial charge in [-0.25, -0.2) is 17.5 Å². The van der Waals surface area contributed by atoms with Crippen molar-refractivity contribution in [3.05, 3.63) is 29.0 Å². The first-order valence-electron chi connectivity index (χ1n) is 5.56. The van der Waals surface area contributed by atoms with Crippen molar-refractivity contribution in [3.63, 3.8) is 0 Å². The van der Waals surface area contributed by atoms with Gasteiger partial charge in [-0.15, -0.1) is 0 Å². The third-order valence-corrected chi connectivity index (χ3v) is 5.03. The zero-order valence-electron chi connectivity index (χ0n) is 9.62. The van der Waals surface area contributed by atoms with Crippen LogP contribution in [-0.4, -0.2) is 20.5 Å². The smallest absolute Gasteiger partial charge is 0.242 e. The van der Waals surface area contributed by atoms with Gasteiger partial charge in [0.05, 0.1) is 5.02 Å². The molecule has 0 amide bonds. The first-order chi connectivity index (χ1) is 8.32. The predicted octanol–water partition coefficient (Wildman–Crippen LogP) is 1.64. The Morgan fingerprint density at radius 1 is 1.44 bits per heavy atom. The fraction of sp³-hybridized carbons (Fsp3) is 0.455. The number of hydrogen-bond donors (Lipinski definition) is 2. The number of sulfonamides is 1. The van der Waals surface area contributed by atoms with Crippen LogP contribution < -0.4 is 10.5 Å². The maximum Gasteiger partial charge on any atom is 0.242 e. The van der Waals surface area contributed by atoms with E-state index < -0.39 is 21.4 Å². The number of hydrogen-bond acceptors (Lipinski definition) is 3. The minimum atomic E-state index is -3.75. The van der Waals surface area contributed by atoms with Crippen LogP contribution in [0.3, 0.4) is 0 Å². The van der Waals surface area contributed by atoms with Crippen molar-refractivity contribution in [1.29, 1.82) is 0 Å². The summed E-state index contributed by atoms with van der Waals surface area (Å²) in [5.41, 5.74) is 5.47. The predicted molar refractivity (Wildman–Crippen MR) is 67.4 cm³/mol. The molecule has 0 spiro atoms. The Balaban J connectivity index is 2.15. The number of nitrogens with one attached hydrogen (secondary N) is 1. The molecule has 1 aromatic carbocycles. The maximum absolute atomic E-state index is 12.9. The standard InChI is InChI=1S/C11H14ClFN2O2S/c12-9-6-8(13)2-3-10(9)18(16,17)15-7-11(14)4-1-5-11/h2-3,6,15H,1,4-5,7,14H2. The van der Waals surface area contributed by atoms with Gasteiger partial charge in [-0.1, -0.05) is 11.6 Å². The summed E-state index contributed by atoms with van der Waals surface area (Å²) < 4.78 is 39.2. The highest BCUT2D eigenvalue weighted by atomic mass is 35.5. The van der Waals surface area contributed by atoms with E-state index >= 15 is 0 Å². The molecule has 4 nitrogen and oxygen atoms in total. The first kappa shape index (κ1) is 13.7. The van der Waals surface area contributed by atoms with Gasteiger partial charge in [0.25, 0.3) is 0 Å². The lowest BCUT2D eigenvalue weighted by Gasteiger charge is -2.38. The highest BCUT2D eigenvalue weighted by molar-refractivity contribution is 7.89. The van der Waals surface area contributed by atoms with Crippen molar-refractivity contribution in [3.8, 4) is 0 Å². The summed E-state index contributed by atoms with van der Waals surface area (Å²) in [4.78, 5) is -0.131. The van der Waals surface area contributed by atoms with E-state index in [9.17, 15) is 12.8 Å². The molecule has 0 heterocycles. The minimum absolute atomic E-state index is 0.131. The number of halogens is 2. The van der Waals surface area contributed by atoms with Crippen molar-refractivity contribution >= 4 is 21.6 Å². The van der Waals surface area contributed by atoms with Gasteiger partial charge < -0.3 is 5.73 Å². The molecule has 0 aromatic heterocycles. The molecule has 0 radical (unpaired) electrons. The fourth-order valence-electron chi connectivity index (χ4n) is 1.82. The van der Waals surface area contributed by atoms with E-state index in [1.54, 1.807) is 0 Å². The van der Waals surface area contributed by atoms with Gasteiger partial charge in [0.1, 0.15) is 10.7 Å². The van der Waals surface area contributed by atoms with Crippen LogP contribution in [0.1, 0.15) is 19.3 Å². The van der Waals surface area contributed by atoms with Crippen molar-refractivity contribution in [2.24, 2.45) is 5.73 Å². The lowest BCUT2D eigenvalue weighted by molar-refractivity contribution is 0.251. The fourth-order valence-corrected chi connectivity index (χ4v) is 3.49. The van der Waals surface area contributed by atoms with E-state index in [1.165, 1.54) is 0 Å². The second kappa shape index (κ2) is 4.77. The maximum atomic E-state index is 12.9. The Morgan fingerprint density at radius 3 is 2.61 bits per heavy atom. The summed E-state index contributed by atoms with van der Waals surface area (Å²) in [7, 11) is -3.75. The van der Waals surface area contributed by atoms with Crippen LogP contribution in [0.4, 0.5) is 4.39 Å². The molecule has 3 N–H and O–H groups in total. The molecule has 18 heavy (non-hydrogen) atoms. The van der Waals surface area contributed by atoms with E-state index in [4.69, 9.17) is 17.3 Å². The molecular formula is C11H14ClFN2O2S. The average molecular weight is 293 g/mol. The Hall–Kier alpha value is -0.690. The van der Waals surface area contributed by atoms with Crippen molar-refractivity contribution in [2.45, 2.75) is 29.7 Å². The Bertz CT molecular complexity index is 558. The van der Waals surface area contributed by atoms with E-state index in [1.807, 2.05) is 0 Å². The molecule has 1 saturated carbocycles. The van der Waals surface area contributed by atoms with Crippen LogP contribution >= 0.6 is 11.6 Å². The normalized spacial score (nSPS) is 18.4. The van der Waals surface area contributed by atoms with E-state index in [0.29, 0.717) is 0 Å². The minimum Gasteiger partial charge on any atom is -0.324 e. The van der Waals surface area contributed by atoms with E-state index in [0.717, 1.165) is 37.5 Å².